The average Bonchev–Trinajstić information content (AvgIpc) is 2.98. The molecule has 0 atom stereocenters. The molecule has 1 aromatic carbocycles. The predicted molar refractivity (Wildman–Crippen MR) is 108 cm³/mol. The van der Waals surface area contributed by atoms with E-state index >= 15 is 0 Å². The Balaban J connectivity index is 1.86. The predicted octanol–water partition coefficient (Wildman–Crippen LogP) is 3.14. The number of aryl methyl sites for hydroxylation is 1. The van der Waals surface area contributed by atoms with Crippen molar-refractivity contribution in [3.8, 4) is 0 Å². The topological polar surface area (TPSA) is 84.3 Å². The van der Waals surface area contributed by atoms with E-state index in [-0.39, 0.29) is 27.0 Å². The van der Waals surface area contributed by atoms with Gasteiger partial charge < -0.3 is 5.32 Å². The second-order valence-electron chi connectivity index (χ2n) is 6.79. The number of amides is 1. The molecule has 3 rings (SSSR count). The van der Waals surface area contributed by atoms with Crippen LogP contribution < -0.4 is 5.32 Å². The number of rotatable bonds is 5. The largest absolute Gasteiger partial charge is 0.348 e. The number of nitrogens with one attached hydrogen (secondary N) is 1. The summed E-state index contributed by atoms with van der Waals surface area (Å²) in [6, 6.07) is 2.57. The lowest BCUT2D eigenvalue weighted by molar-refractivity contribution is 0.0951. The molecule has 2 heterocycles. The van der Waals surface area contributed by atoms with Crippen LogP contribution in [0.25, 0.3) is 0 Å². The Bertz CT molecular complexity index is 998. The second kappa shape index (κ2) is 8.41. The zero-order valence-corrected chi connectivity index (χ0v) is 18.0. The van der Waals surface area contributed by atoms with E-state index in [1.54, 1.807) is 10.9 Å². The molecule has 1 fully saturated rings. The molecule has 28 heavy (non-hydrogen) atoms. The number of piperidine rings is 1. The van der Waals surface area contributed by atoms with Gasteiger partial charge in [0.2, 0.25) is 10.0 Å². The molecule has 1 N–H and O–H groups in total. The molecule has 1 aliphatic rings. The second-order valence-corrected chi connectivity index (χ2v) is 9.51. The van der Waals surface area contributed by atoms with Crippen molar-refractivity contribution in [1.82, 2.24) is 19.4 Å². The molecule has 1 aromatic heterocycles. The van der Waals surface area contributed by atoms with Crippen LogP contribution in [0.15, 0.2) is 23.2 Å². The van der Waals surface area contributed by atoms with Gasteiger partial charge >= 0.3 is 0 Å². The molecule has 1 amide bonds. The summed E-state index contributed by atoms with van der Waals surface area (Å²) in [5, 5.41) is 7.00. The zero-order valence-electron chi connectivity index (χ0n) is 15.7. The van der Waals surface area contributed by atoms with E-state index in [2.05, 4.69) is 10.4 Å². The van der Waals surface area contributed by atoms with E-state index in [4.69, 9.17) is 23.2 Å². The maximum absolute atomic E-state index is 13.0. The normalized spacial score (nSPS) is 15.6. The molecule has 0 radical (unpaired) electrons. The van der Waals surface area contributed by atoms with Crippen molar-refractivity contribution >= 4 is 39.1 Å². The number of carbonyl (C=O) groups is 1. The van der Waals surface area contributed by atoms with E-state index < -0.39 is 15.9 Å². The fourth-order valence-corrected chi connectivity index (χ4v) is 5.48. The highest BCUT2D eigenvalue weighted by molar-refractivity contribution is 7.89. The van der Waals surface area contributed by atoms with Crippen LogP contribution >= 0.6 is 23.2 Å². The Morgan fingerprint density at radius 3 is 2.46 bits per heavy atom. The molecule has 7 nitrogen and oxygen atoms in total. The summed E-state index contributed by atoms with van der Waals surface area (Å²) >= 11 is 12.4. The molecule has 152 valence electrons. The molecule has 0 bridgehead atoms. The minimum absolute atomic E-state index is 0.00947. The number of sulfonamides is 1. The number of carbonyl (C=O) groups excluding carboxylic acids is 1. The highest BCUT2D eigenvalue weighted by atomic mass is 35.5. The van der Waals surface area contributed by atoms with Gasteiger partial charge in [-0.15, -0.1) is 0 Å². The highest BCUT2D eigenvalue weighted by Crippen LogP contribution is 2.31. The van der Waals surface area contributed by atoms with Crippen LogP contribution in [-0.2, 0) is 23.6 Å². The lowest BCUT2D eigenvalue weighted by Crippen LogP contribution is -2.36. The fourth-order valence-electron chi connectivity index (χ4n) is 3.13. The smallest absolute Gasteiger partial charge is 0.253 e. The Kier molecular flexibility index (Phi) is 6.34. The molecule has 0 saturated carbocycles. The minimum atomic E-state index is -3.79. The Morgan fingerprint density at radius 2 is 1.86 bits per heavy atom. The van der Waals surface area contributed by atoms with Gasteiger partial charge in [0.25, 0.3) is 5.91 Å². The van der Waals surface area contributed by atoms with Gasteiger partial charge in [-0.05, 0) is 31.9 Å². The number of hydrogen-bond donors (Lipinski definition) is 1. The monoisotopic (exact) mass is 444 g/mol. The summed E-state index contributed by atoms with van der Waals surface area (Å²) in [6.07, 6.45) is 4.29. The summed E-state index contributed by atoms with van der Waals surface area (Å²) in [6.45, 7) is 3.05. The van der Waals surface area contributed by atoms with Gasteiger partial charge in [-0.3, -0.25) is 9.48 Å². The van der Waals surface area contributed by atoms with E-state index in [1.165, 1.54) is 16.4 Å². The van der Waals surface area contributed by atoms with Crippen LogP contribution in [-0.4, -0.2) is 41.5 Å². The van der Waals surface area contributed by atoms with Gasteiger partial charge in [0.15, 0.2) is 0 Å². The third kappa shape index (κ3) is 4.20. The van der Waals surface area contributed by atoms with Gasteiger partial charge in [-0.2, -0.15) is 9.40 Å². The summed E-state index contributed by atoms with van der Waals surface area (Å²) in [5.41, 5.74) is 1.86. The van der Waals surface area contributed by atoms with Crippen molar-refractivity contribution in [3.63, 3.8) is 0 Å². The third-order valence-corrected chi connectivity index (χ3v) is 7.65. The summed E-state index contributed by atoms with van der Waals surface area (Å²) in [7, 11) is -1.97. The molecular weight excluding hydrogens is 423 g/mol. The van der Waals surface area contributed by atoms with Crippen LogP contribution in [0.2, 0.25) is 10.0 Å². The summed E-state index contributed by atoms with van der Waals surface area (Å²) in [5.74, 6) is -0.472. The van der Waals surface area contributed by atoms with Crippen LogP contribution in [0.4, 0.5) is 0 Å². The lowest BCUT2D eigenvalue weighted by Gasteiger charge is -2.26. The van der Waals surface area contributed by atoms with Crippen molar-refractivity contribution in [2.24, 2.45) is 7.05 Å². The van der Waals surface area contributed by atoms with E-state index in [0.717, 1.165) is 30.5 Å². The van der Waals surface area contributed by atoms with Crippen LogP contribution in [0.1, 0.15) is 40.9 Å². The number of benzene rings is 1. The number of halogens is 2. The molecule has 0 spiro atoms. The summed E-state index contributed by atoms with van der Waals surface area (Å²) < 4.78 is 29.1. The van der Waals surface area contributed by atoms with Crippen molar-refractivity contribution in [1.29, 1.82) is 0 Å². The van der Waals surface area contributed by atoms with E-state index in [9.17, 15) is 13.2 Å². The van der Waals surface area contributed by atoms with Crippen LogP contribution in [0.5, 0.6) is 0 Å². The molecule has 2 aromatic rings. The van der Waals surface area contributed by atoms with Gasteiger partial charge in [0, 0.05) is 37.9 Å². The van der Waals surface area contributed by atoms with Gasteiger partial charge in [0.1, 0.15) is 4.90 Å². The molecule has 1 aliphatic heterocycles. The van der Waals surface area contributed by atoms with Crippen molar-refractivity contribution in [2.75, 3.05) is 13.1 Å². The van der Waals surface area contributed by atoms with Crippen LogP contribution in [0.3, 0.4) is 0 Å². The van der Waals surface area contributed by atoms with E-state index in [0.29, 0.717) is 13.1 Å². The highest BCUT2D eigenvalue weighted by Gasteiger charge is 2.29. The standard InChI is InChI=1S/C18H22Cl2N4O3S/c1-12-13(11-22-23(12)2)10-21-18(25)14-8-17(16(20)9-15(14)19)28(26,27)24-6-4-3-5-7-24/h8-9,11H,3-7,10H2,1-2H3,(H,21,25). The van der Waals surface area contributed by atoms with Crippen molar-refractivity contribution in [3.05, 3.63) is 45.2 Å². The van der Waals surface area contributed by atoms with E-state index in [1.807, 2.05) is 14.0 Å². The molecule has 10 heteroatoms. The lowest BCUT2D eigenvalue weighted by atomic mass is 10.2. The Labute approximate surface area is 174 Å². The first-order chi connectivity index (χ1) is 13.2. The first-order valence-electron chi connectivity index (χ1n) is 8.96. The van der Waals surface area contributed by atoms with Gasteiger partial charge in [0.05, 0.1) is 21.8 Å². The quantitative estimate of drug-likeness (QED) is 0.767. The van der Waals surface area contributed by atoms with Crippen molar-refractivity contribution in [2.45, 2.75) is 37.6 Å². The third-order valence-electron chi connectivity index (χ3n) is 4.98. The number of aromatic nitrogens is 2. The zero-order chi connectivity index (χ0) is 20.5. The van der Waals surface area contributed by atoms with Gasteiger partial charge in [-0.25, -0.2) is 8.42 Å². The Hall–Kier alpha value is -1.61. The number of nitrogens with zero attached hydrogens (tertiary/aromatic N) is 3. The van der Waals surface area contributed by atoms with Crippen LogP contribution in [0, 0.1) is 6.92 Å². The first kappa shape index (κ1) is 21.1. The maximum atomic E-state index is 13.0. The SMILES string of the molecule is Cc1c(CNC(=O)c2cc(S(=O)(=O)N3CCCCC3)c(Cl)cc2Cl)cnn1C. The molecule has 0 unspecified atom stereocenters. The van der Waals surface area contributed by atoms with Crippen molar-refractivity contribution < 1.29 is 13.2 Å². The maximum Gasteiger partial charge on any atom is 0.253 e. The molecular formula is C18H22Cl2N4O3S. The molecule has 0 aliphatic carbocycles. The number of hydrogen-bond acceptors (Lipinski definition) is 4. The first-order valence-corrected chi connectivity index (χ1v) is 11.2. The fraction of sp³-hybridized carbons (Fsp3) is 0.444. The minimum Gasteiger partial charge on any atom is -0.348 e. The molecule has 1 saturated heterocycles. The summed E-state index contributed by atoms with van der Waals surface area (Å²) in [4.78, 5) is 12.6. The van der Waals surface area contributed by atoms with Gasteiger partial charge in [-0.1, -0.05) is 29.6 Å². The Morgan fingerprint density at radius 1 is 1.18 bits per heavy atom. The average molecular weight is 445 g/mol.